The van der Waals surface area contributed by atoms with Crippen molar-refractivity contribution >= 4 is 17.9 Å². The fourth-order valence-corrected chi connectivity index (χ4v) is 8.92. The Labute approximate surface area is 399 Å². The molecule has 380 valence electrons. The predicted octanol–water partition coefficient (Wildman–Crippen LogP) is 19.0. The number of esters is 3. The highest BCUT2D eigenvalue weighted by atomic mass is 16.6. The Hall–Kier alpha value is -1.59. The molecule has 0 bridgehead atoms. The zero-order valence-electron chi connectivity index (χ0n) is 43.8. The van der Waals surface area contributed by atoms with Gasteiger partial charge in [0, 0.05) is 19.3 Å². The van der Waals surface area contributed by atoms with Gasteiger partial charge in [-0.2, -0.15) is 0 Å². The van der Waals surface area contributed by atoms with Crippen molar-refractivity contribution in [3.8, 4) is 0 Å². The minimum absolute atomic E-state index is 0.0620. The molecule has 6 nitrogen and oxygen atoms in total. The van der Waals surface area contributed by atoms with Crippen LogP contribution >= 0.6 is 0 Å². The molecule has 0 aliphatic heterocycles. The van der Waals surface area contributed by atoms with E-state index in [2.05, 4.69) is 27.7 Å². The zero-order valence-corrected chi connectivity index (χ0v) is 43.8. The van der Waals surface area contributed by atoms with E-state index in [0.717, 1.165) is 63.7 Å². The van der Waals surface area contributed by atoms with Gasteiger partial charge in [0.1, 0.15) is 13.2 Å². The molecule has 0 amide bonds. The normalized spacial score (nSPS) is 12.0. The molecule has 0 saturated carbocycles. The molecular formula is C58H112O6. The summed E-state index contributed by atoms with van der Waals surface area (Å²) in [4.78, 5) is 38.1. The standard InChI is InChI=1S/C58H112O6/c1-5-7-9-11-13-15-17-19-21-22-24-26-30-34-38-42-46-50-57(60)63-53-55(64-58(61)51-47-43-39-35-31-27-28-32-36-40-44-48-54(3)4)52-62-56(59)49-45-41-37-33-29-25-23-20-18-16-14-12-10-8-6-2/h54-55H,5-53H2,1-4H3/t55-/m0/s1. The summed E-state index contributed by atoms with van der Waals surface area (Å²) < 4.78 is 16.9. The van der Waals surface area contributed by atoms with Gasteiger partial charge >= 0.3 is 17.9 Å². The molecule has 0 heterocycles. The molecule has 0 aliphatic rings. The summed E-state index contributed by atoms with van der Waals surface area (Å²) in [5, 5.41) is 0. The second kappa shape index (κ2) is 52.4. The number of unbranched alkanes of at least 4 members (excludes halogenated alkanes) is 40. The lowest BCUT2D eigenvalue weighted by atomic mass is 10.0. The first kappa shape index (κ1) is 62.4. The van der Waals surface area contributed by atoms with Gasteiger partial charge in [0.2, 0.25) is 0 Å². The Kier molecular flexibility index (Phi) is 51.1. The smallest absolute Gasteiger partial charge is 0.306 e. The first-order valence-corrected chi connectivity index (χ1v) is 28.9. The molecule has 0 unspecified atom stereocenters. The molecule has 0 aromatic rings. The molecule has 0 fully saturated rings. The highest BCUT2D eigenvalue weighted by molar-refractivity contribution is 5.71. The largest absolute Gasteiger partial charge is 0.462 e. The van der Waals surface area contributed by atoms with E-state index in [1.807, 2.05) is 0 Å². The van der Waals surface area contributed by atoms with Gasteiger partial charge in [0.25, 0.3) is 0 Å². The van der Waals surface area contributed by atoms with Crippen molar-refractivity contribution in [1.29, 1.82) is 0 Å². The average Bonchev–Trinajstić information content (AvgIpc) is 3.28. The van der Waals surface area contributed by atoms with E-state index >= 15 is 0 Å². The number of hydrogen-bond acceptors (Lipinski definition) is 6. The number of ether oxygens (including phenoxy) is 3. The second-order valence-electron chi connectivity index (χ2n) is 20.4. The maximum atomic E-state index is 12.8. The molecule has 1 atom stereocenters. The van der Waals surface area contributed by atoms with E-state index in [4.69, 9.17) is 14.2 Å². The molecule has 64 heavy (non-hydrogen) atoms. The maximum absolute atomic E-state index is 12.8. The van der Waals surface area contributed by atoms with Crippen LogP contribution in [-0.4, -0.2) is 37.2 Å². The molecule has 0 aliphatic carbocycles. The van der Waals surface area contributed by atoms with Crippen LogP contribution in [0.2, 0.25) is 0 Å². The molecule has 0 aromatic carbocycles. The van der Waals surface area contributed by atoms with Crippen LogP contribution in [0.25, 0.3) is 0 Å². The first-order valence-electron chi connectivity index (χ1n) is 28.9. The van der Waals surface area contributed by atoms with Gasteiger partial charge in [-0.15, -0.1) is 0 Å². The van der Waals surface area contributed by atoms with Gasteiger partial charge in [0.05, 0.1) is 0 Å². The lowest BCUT2D eigenvalue weighted by molar-refractivity contribution is -0.167. The summed E-state index contributed by atoms with van der Waals surface area (Å²) in [5.41, 5.74) is 0. The first-order chi connectivity index (χ1) is 31.4. The molecule has 0 radical (unpaired) electrons. The van der Waals surface area contributed by atoms with Crippen molar-refractivity contribution in [1.82, 2.24) is 0 Å². The maximum Gasteiger partial charge on any atom is 0.306 e. The Morgan fingerprint density at radius 2 is 0.516 bits per heavy atom. The quantitative estimate of drug-likeness (QED) is 0.0344. The summed E-state index contributed by atoms with van der Waals surface area (Å²) >= 11 is 0. The van der Waals surface area contributed by atoms with Crippen LogP contribution in [0.1, 0.15) is 329 Å². The second-order valence-corrected chi connectivity index (χ2v) is 20.4. The fourth-order valence-electron chi connectivity index (χ4n) is 8.92. The van der Waals surface area contributed by atoms with Crippen molar-refractivity contribution in [2.45, 2.75) is 336 Å². The van der Waals surface area contributed by atoms with Crippen molar-refractivity contribution in [2.24, 2.45) is 5.92 Å². The minimum atomic E-state index is -0.762. The van der Waals surface area contributed by atoms with E-state index in [1.165, 1.54) is 225 Å². The summed E-state index contributed by atoms with van der Waals surface area (Å²) in [5.74, 6) is -0.0109. The number of rotatable bonds is 53. The third kappa shape index (κ3) is 51.4. The van der Waals surface area contributed by atoms with Crippen molar-refractivity contribution in [2.75, 3.05) is 13.2 Å². The average molecular weight is 906 g/mol. The van der Waals surface area contributed by atoms with E-state index in [-0.39, 0.29) is 31.1 Å². The molecule has 0 N–H and O–H groups in total. The SMILES string of the molecule is CCCCCCCCCCCCCCCCCCCC(=O)OC[C@H](COC(=O)CCCCCCCCCCCCCCCCC)OC(=O)CCCCCCCCCCCCCC(C)C. The summed E-state index contributed by atoms with van der Waals surface area (Å²) in [7, 11) is 0. The Bertz CT molecular complexity index is 964. The Morgan fingerprint density at radius 1 is 0.297 bits per heavy atom. The molecule has 0 spiro atoms. The third-order valence-corrected chi connectivity index (χ3v) is 13.3. The van der Waals surface area contributed by atoms with Gasteiger partial charge in [-0.25, -0.2) is 0 Å². The van der Waals surface area contributed by atoms with Crippen molar-refractivity contribution < 1.29 is 28.6 Å². The monoisotopic (exact) mass is 905 g/mol. The summed E-state index contributed by atoms with van der Waals surface area (Å²) in [6.07, 6.45) is 56.6. The number of hydrogen-bond donors (Lipinski definition) is 0. The third-order valence-electron chi connectivity index (χ3n) is 13.3. The molecule has 0 saturated heterocycles. The topological polar surface area (TPSA) is 78.9 Å². The predicted molar refractivity (Wildman–Crippen MR) is 275 cm³/mol. The highest BCUT2D eigenvalue weighted by Gasteiger charge is 2.19. The van der Waals surface area contributed by atoms with Crippen LogP contribution in [0.15, 0.2) is 0 Å². The van der Waals surface area contributed by atoms with Crippen LogP contribution in [0.5, 0.6) is 0 Å². The van der Waals surface area contributed by atoms with Crippen molar-refractivity contribution in [3.05, 3.63) is 0 Å². The van der Waals surface area contributed by atoms with Gasteiger partial charge in [-0.3, -0.25) is 14.4 Å². The van der Waals surface area contributed by atoms with Gasteiger partial charge < -0.3 is 14.2 Å². The van der Waals surface area contributed by atoms with E-state index in [9.17, 15) is 14.4 Å². The van der Waals surface area contributed by atoms with E-state index < -0.39 is 6.10 Å². The van der Waals surface area contributed by atoms with Crippen LogP contribution in [-0.2, 0) is 28.6 Å². The highest BCUT2D eigenvalue weighted by Crippen LogP contribution is 2.18. The van der Waals surface area contributed by atoms with Crippen LogP contribution in [0, 0.1) is 5.92 Å². The summed E-state index contributed by atoms with van der Waals surface area (Å²) in [6, 6.07) is 0. The van der Waals surface area contributed by atoms with Crippen LogP contribution < -0.4 is 0 Å². The zero-order chi connectivity index (χ0) is 46.7. The van der Waals surface area contributed by atoms with Gasteiger partial charge in [-0.05, 0) is 25.2 Å². The van der Waals surface area contributed by atoms with Crippen LogP contribution in [0.3, 0.4) is 0 Å². The van der Waals surface area contributed by atoms with Crippen LogP contribution in [0.4, 0.5) is 0 Å². The number of carbonyl (C=O) groups is 3. The molecular weight excluding hydrogens is 793 g/mol. The van der Waals surface area contributed by atoms with Crippen molar-refractivity contribution in [3.63, 3.8) is 0 Å². The molecule has 6 heteroatoms. The van der Waals surface area contributed by atoms with E-state index in [0.29, 0.717) is 19.3 Å². The molecule has 0 rings (SSSR count). The fraction of sp³-hybridized carbons (Fsp3) is 0.948. The lowest BCUT2D eigenvalue weighted by Gasteiger charge is -2.18. The van der Waals surface area contributed by atoms with E-state index in [1.54, 1.807) is 0 Å². The Morgan fingerprint density at radius 3 is 0.766 bits per heavy atom. The van der Waals surface area contributed by atoms with Gasteiger partial charge in [-0.1, -0.05) is 291 Å². The number of carbonyl (C=O) groups excluding carboxylic acids is 3. The lowest BCUT2D eigenvalue weighted by Crippen LogP contribution is -2.30. The molecule has 0 aromatic heterocycles. The summed E-state index contributed by atoms with van der Waals surface area (Å²) in [6.45, 7) is 9.05. The minimum Gasteiger partial charge on any atom is -0.462 e. The Balaban J connectivity index is 4.29. The van der Waals surface area contributed by atoms with Gasteiger partial charge in [0.15, 0.2) is 6.10 Å².